The zero-order valence-electron chi connectivity index (χ0n) is 29.9. The number of carbonyl (C=O) groups is 3. The quantitative estimate of drug-likeness (QED) is 0.149. The zero-order valence-corrected chi connectivity index (χ0v) is 30.7. The van der Waals surface area contributed by atoms with Gasteiger partial charge < -0.3 is 15.3 Å². The summed E-state index contributed by atoms with van der Waals surface area (Å²) in [6.07, 6.45) is 3.22. The molecular weight excluding hydrogens is 702 g/mol. The minimum absolute atomic E-state index is 0.0722. The number of aromatic nitrogens is 2. The van der Waals surface area contributed by atoms with E-state index in [2.05, 4.69) is 36.1 Å². The Balaban J connectivity index is 1.15. The predicted octanol–water partition coefficient (Wildman–Crippen LogP) is 8.28. The molecule has 0 unspecified atom stereocenters. The largest absolute Gasteiger partial charge is 0.481 e. The predicted molar refractivity (Wildman–Crippen MR) is 198 cm³/mol. The molecule has 3 aromatic carbocycles. The second-order valence-corrected chi connectivity index (χ2v) is 15.6. The van der Waals surface area contributed by atoms with Crippen molar-refractivity contribution in [2.24, 2.45) is 5.92 Å². The number of benzene rings is 3. The van der Waals surface area contributed by atoms with Crippen LogP contribution in [0, 0.1) is 18.7 Å². The van der Waals surface area contributed by atoms with E-state index in [-0.39, 0.29) is 47.9 Å². The highest BCUT2D eigenvalue weighted by molar-refractivity contribution is 7.14. The Kier molecular flexibility index (Phi) is 10.3. The van der Waals surface area contributed by atoms with Crippen molar-refractivity contribution in [2.75, 3.05) is 13.1 Å². The summed E-state index contributed by atoms with van der Waals surface area (Å²) in [5.41, 5.74) is 3.58. The first kappa shape index (κ1) is 37.4. The molecule has 8 nitrogen and oxygen atoms in total. The standard InChI is InChI=1S/C41H39F3N4O4S/c1-23-16-26(11-13-31(23)41(5,43)44)27-10-12-30(32(42)18-27)28-19-45-36(46-20-28)25-8-6-24(7-9-25)17-33(38(50)48-21-29(22-48)39(51)52)47-37(49)34-14-15-35(53-34)40(2,3)4/h6-16,18-20,29,33H,17,21-22H2,1-5H3,(H,47,49)(H,51,52)/t33-/m0/s1. The lowest BCUT2D eigenvalue weighted by Crippen LogP contribution is -2.59. The molecule has 1 aliphatic rings. The van der Waals surface area contributed by atoms with Gasteiger partial charge in [-0.3, -0.25) is 14.4 Å². The van der Waals surface area contributed by atoms with Crippen molar-refractivity contribution in [3.05, 3.63) is 117 Å². The number of carboxylic acids is 1. The molecule has 274 valence electrons. The summed E-state index contributed by atoms with van der Waals surface area (Å²) >= 11 is 1.37. The monoisotopic (exact) mass is 740 g/mol. The second kappa shape index (κ2) is 14.6. The van der Waals surface area contributed by atoms with E-state index < -0.39 is 29.7 Å². The number of thiophene rings is 1. The molecule has 0 saturated carbocycles. The highest BCUT2D eigenvalue weighted by atomic mass is 32.1. The first-order valence-corrected chi connectivity index (χ1v) is 17.9. The lowest BCUT2D eigenvalue weighted by atomic mass is 9.95. The van der Waals surface area contributed by atoms with Gasteiger partial charge in [0.1, 0.15) is 11.9 Å². The van der Waals surface area contributed by atoms with Crippen LogP contribution in [0.3, 0.4) is 0 Å². The Bertz CT molecular complexity index is 2170. The van der Waals surface area contributed by atoms with E-state index >= 15 is 4.39 Å². The molecule has 1 atom stereocenters. The third-order valence-corrected chi connectivity index (χ3v) is 10.8. The van der Waals surface area contributed by atoms with Crippen molar-refractivity contribution in [1.82, 2.24) is 20.2 Å². The van der Waals surface area contributed by atoms with Gasteiger partial charge in [0.05, 0.1) is 10.8 Å². The van der Waals surface area contributed by atoms with Crippen LogP contribution < -0.4 is 5.32 Å². The fraction of sp³-hybridized carbons (Fsp3) is 0.293. The van der Waals surface area contributed by atoms with Crippen LogP contribution in [0.2, 0.25) is 0 Å². The number of nitrogens with one attached hydrogen (secondary N) is 1. The maximum absolute atomic E-state index is 15.3. The number of likely N-dealkylation sites (tertiary alicyclic amines) is 1. The third kappa shape index (κ3) is 8.33. The van der Waals surface area contributed by atoms with Gasteiger partial charge in [-0.05, 0) is 52.8 Å². The zero-order chi connectivity index (χ0) is 38.2. The summed E-state index contributed by atoms with van der Waals surface area (Å²) in [6, 6.07) is 19.2. The number of alkyl halides is 2. The molecule has 2 amide bonds. The number of carboxylic acid groups (broad SMARTS) is 1. The van der Waals surface area contributed by atoms with Crippen LogP contribution in [-0.2, 0) is 27.3 Å². The van der Waals surface area contributed by atoms with Gasteiger partial charge in [-0.15, -0.1) is 11.3 Å². The highest BCUT2D eigenvalue weighted by Crippen LogP contribution is 2.34. The molecule has 6 rings (SSSR count). The molecule has 1 saturated heterocycles. The average molecular weight is 741 g/mol. The molecule has 2 N–H and O–H groups in total. The Morgan fingerprint density at radius 2 is 1.51 bits per heavy atom. The molecule has 2 aromatic heterocycles. The minimum atomic E-state index is -2.97. The molecule has 0 bridgehead atoms. The number of hydrogen-bond donors (Lipinski definition) is 2. The lowest BCUT2D eigenvalue weighted by molar-refractivity contribution is -0.153. The molecule has 5 aromatic rings. The Morgan fingerprint density at radius 1 is 0.887 bits per heavy atom. The molecule has 1 aliphatic heterocycles. The van der Waals surface area contributed by atoms with Gasteiger partial charge in [-0.1, -0.05) is 75.4 Å². The summed E-state index contributed by atoms with van der Waals surface area (Å²) in [7, 11) is 0. The van der Waals surface area contributed by atoms with Crippen molar-refractivity contribution >= 4 is 29.1 Å². The van der Waals surface area contributed by atoms with E-state index in [9.17, 15) is 28.3 Å². The average Bonchev–Trinajstić information content (AvgIpc) is 3.59. The van der Waals surface area contributed by atoms with E-state index in [4.69, 9.17) is 0 Å². The van der Waals surface area contributed by atoms with Gasteiger partial charge >= 0.3 is 5.97 Å². The smallest absolute Gasteiger partial charge is 0.310 e. The SMILES string of the molecule is Cc1cc(-c2ccc(-c3cnc(-c4ccc(C[C@H](NC(=O)c5ccc(C(C)(C)C)s5)C(=O)N5CC(C(=O)O)C5)cc4)nc3)c(F)c2)ccc1C(C)(F)F. The van der Waals surface area contributed by atoms with Gasteiger partial charge in [0.15, 0.2) is 5.82 Å². The third-order valence-electron chi connectivity index (χ3n) is 9.33. The summed E-state index contributed by atoms with van der Waals surface area (Å²) in [6.45, 7) is 8.80. The Labute approximate surface area is 309 Å². The summed E-state index contributed by atoms with van der Waals surface area (Å²) in [5.74, 6) is -5.39. The van der Waals surface area contributed by atoms with Crippen molar-refractivity contribution in [2.45, 2.75) is 58.4 Å². The summed E-state index contributed by atoms with van der Waals surface area (Å²) in [4.78, 5) is 50.0. The van der Waals surface area contributed by atoms with Gasteiger partial charge in [0, 0.05) is 66.0 Å². The van der Waals surface area contributed by atoms with Gasteiger partial charge in [0.25, 0.3) is 11.8 Å². The molecule has 0 radical (unpaired) electrons. The van der Waals surface area contributed by atoms with E-state index in [1.54, 1.807) is 49.4 Å². The number of aliphatic carboxylic acids is 1. The van der Waals surface area contributed by atoms with Crippen LogP contribution >= 0.6 is 11.3 Å². The molecule has 53 heavy (non-hydrogen) atoms. The van der Waals surface area contributed by atoms with Crippen LogP contribution in [0.1, 0.15) is 58.9 Å². The van der Waals surface area contributed by atoms with Gasteiger partial charge in [0.2, 0.25) is 5.91 Å². The van der Waals surface area contributed by atoms with E-state index in [1.807, 2.05) is 18.2 Å². The lowest BCUT2D eigenvalue weighted by Gasteiger charge is -2.38. The van der Waals surface area contributed by atoms with Gasteiger partial charge in [-0.2, -0.15) is 0 Å². The fourth-order valence-electron chi connectivity index (χ4n) is 6.23. The molecule has 0 aliphatic carbocycles. The van der Waals surface area contributed by atoms with Crippen LogP contribution in [0.5, 0.6) is 0 Å². The Morgan fingerprint density at radius 3 is 2.08 bits per heavy atom. The van der Waals surface area contributed by atoms with Crippen molar-refractivity contribution < 1.29 is 32.7 Å². The second-order valence-electron chi connectivity index (χ2n) is 14.5. The molecule has 1 fully saturated rings. The van der Waals surface area contributed by atoms with Crippen LogP contribution in [-0.4, -0.2) is 56.9 Å². The normalized spacial score (nSPS) is 14.1. The number of nitrogens with zero attached hydrogens (tertiary/aromatic N) is 3. The van der Waals surface area contributed by atoms with E-state index in [1.165, 1.54) is 40.8 Å². The summed E-state index contributed by atoms with van der Waals surface area (Å²) < 4.78 is 43.0. The van der Waals surface area contributed by atoms with Gasteiger partial charge in [-0.25, -0.2) is 23.1 Å². The molecule has 0 spiro atoms. The number of aryl methyl sites for hydroxylation is 1. The number of rotatable bonds is 10. The first-order chi connectivity index (χ1) is 25.0. The van der Waals surface area contributed by atoms with Crippen LogP contribution in [0.25, 0.3) is 33.6 Å². The molecule has 3 heterocycles. The Hall–Kier alpha value is -5.36. The van der Waals surface area contributed by atoms with E-state index in [0.29, 0.717) is 38.5 Å². The van der Waals surface area contributed by atoms with Crippen LogP contribution in [0.15, 0.2) is 85.2 Å². The first-order valence-electron chi connectivity index (χ1n) is 17.1. The number of halogens is 3. The maximum Gasteiger partial charge on any atom is 0.310 e. The van der Waals surface area contributed by atoms with Crippen molar-refractivity contribution in [1.29, 1.82) is 0 Å². The molecule has 12 heteroatoms. The maximum atomic E-state index is 15.3. The highest BCUT2D eigenvalue weighted by Gasteiger charge is 2.39. The van der Waals surface area contributed by atoms with Crippen molar-refractivity contribution in [3.63, 3.8) is 0 Å². The summed E-state index contributed by atoms with van der Waals surface area (Å²) in [5, 5.41) is 12.2. The minimum Gasteiger partial charge on any atom is -0.481 e. The van der Waals surface area contributed by atoms with Crippen LogP contribution in [0.4, 0.5) is 13.2 Å². The topological polar surface area (TPSA) is 112 Å². The number of amides is 2. The molecular formula is C41H39F3N4O4S. The van der Waals surface area contributed by atoms with E-state index in [0.717, 1.165) is 17.4 Å². The number of carbonyl (C=O) groups excluding carboxylic acids is 2. The number of hydrogen-bond acceptors (Lipinski definition) is 6. The fourth-order valence-corrected chi connectivity index (χ4v) is 7.20. The van der Waals surface area contributed by atoms with Crippen molar-refractivity contribution in [3.8, 4) is 33.6 Å².